The minimum absolute atomic E-state index is 0.211. The molecule has 0 aliphatic rings. The lowest BCUT2D eigenvalue weighted by Crippen LogP contribution is -2.39. The zero-order chi connectivity index (χ0) is 18.5. The molecule has 0 radical (unpaired) electrons. The first-order valence-electron chi connectivity index (χ1n) is 8.10. The van der Waals surface area contributed by atoms with Gasteiger partial charge in [0.25, 0.3) is 11.8 Å². The molecular formula is C20H19N3O3. The summed E-state index contributed by atoms with van der Waals surface area (Å²) in [6.45, 7) is 1.86. The summed E-state index contributed by atoms with van der Waals surface area (Å²) in [5.74, 6) is -0.426. The average Bonchev–Trinajstić information content (AvgIpc) is 3.19. The molecule has 2 aromatic carbocycles. The van der Waals surface area contributed by atoms with Crippen LogP contribution < -0.4 is 15.8 Å². The summed E-state index contributed by atoms with van der Waals surface area (Å²) in [5, 5.41) is 4.41. The smallest absolute Gasteiger partial charge is 0.291 e. The van der Waals surface area contributed by atoms with E-state index in [2.05, 4.69) is 10.7 Å². The van der Waals surface area contributed by atoms with Crippen LogP contribution in [0.25, 0.3) is 0 Å². The maximum absolute atomic E-state index is 12.5. The molecule has 0 unspecified atom stereocenters. The molecule has 6 nitrogen and oxygen atoms in total. The third-order valence-electron chi connectivity index (χ3n) is 3.91. The van der Waals surface area contributed by atoms with Gasteiger partial charge in [0.15, 0.2) is 5.76 Å². The molecule has 0 aliphatic carbocycles. The fourth-order valence-corrected chi connectivity index (χ4v) is 2.42. The number of para-hydroxylation sites is 1. The van der Waals surface area contributed by atoms with Gasteiger partial charge in [-0.3, -0.25) is 20.0 Å². The summed E-state index contributed by atoms with van der Waals surface area (Å²) in [6.07, 6.45) is 1.44. The van der Waals surface area contributed by atoms with Gasteiger partial charge in [-0.25, -0.2) is 0 Å². The summed E-state index contributed by atoms with van der Waals surface area (Å²) in [5.41, 5.74) is 5.50. The van der Waals surface area contributed by atoms with Gasteiger partial charge in [-0.1, -0.05) is 24.3 Å². The number of hydrogen-bond donors (Lipinski definition) is 2. The van der Waals surface area contributed by atoms with Crippen LogP contribution >= 0.6 is 0 Å². The van der Waals surface area contributed by atoms with E-state index in [1.165, 1.54) is 6.26 Å². The number of carbonyl (C=O) groups is 2. The highest BCUT2D eigenvalue weighted by Gasteiger charge is 2.14. The highest BCUT2D eigenvalue weighted by molar-refractivity contribution is 6.04. The number of benzene rings is 2. The van der Waals surface area contributed by atoms with Crippen LogP contribution in [0.3, 0.4) is 0 Å². The lowest BCUT2D eigenvalue weighted by molar-refractivity contribution is 0.0949. The van der Waals surface area contributed by atoms with Crippen LogP contribution in [0.5, 0.6) is 0 Å². The van der Waals surface area contributed by atoms with Crippen LogP contribution in [0.2, 0.25) is 0 Å². The number of hydrogen-bond acceptors (Lipinski definition) is 4. The highest BCUT2D eigenvalue weighted by atomic mass is 16.3. The first-order valence-corrected chi connectivity index (χ1v) is 8.10. The lowest BCUT2D eigenvalue weighted by Gasteiger charge is -2.20. The Balaban J connectivity index is 1.74. The molecule has 0 bridgehead atoms. The van der Waals surface area contributed by atoms with Gasteiger partial charge in [-0.2, -0.15) is 0 Å². The number of amides is 2. The van der Waals surface area contributed by atoms with Crippen molar-refractivity contribution >= 4 is 23.2 Å². The fourth-order valence-electron chi connectivity index (χ4n) is 2.42. The van der Waals surface area contributed by atoms with E-state index in [1.54, 1.807) is 42.4 Å². The SMILES string of the molecule is Cc1ccc(C(=O)NN(C)c2ccccc2)cc1NC(=O)c1ccco1. The second-order valence-corrected chi connectivity index (χ2v) is 5.80. The lowest BCUT2D eigenvalue weighted by atomic mass is 10.1. The predicted octanol–water partition coefficient (Wildman–Crippen LogP) is 3.62. The summed E-state index contributed by atoms with van der Waals surface area (Å²) in [7, 11) is 1.76. The Morgan fingerprint density at radius 2 is 1.73 bits per heavy atom. The largest absolute Gasteiger partial charge is 0.459 e. The maximum Gasteiger partial charge on any atom is 0.291 e. The molecule has 0 saturated heterocycles. The topological polar surface area (TPSA) is 74.6 Å². The zero-order valence-electron chi connectivity index (χ0n) is 14.5. The normalized spacial score (nSPS) is 10.2. The molecule has 3 rings (SSSR count). The number of rotatable bonds is 5. The van der Waals surface area contributed by atoms with Gasteiger partial charge in [0.1, 0.15) is 0 Å². The van der Waals surface area contributed by atoms with Crippen molar-refractivity contribution in [2.24, 2.45) is 0 Å². The summed E-state index contributed by atoms with van der Waals surface area (Å²) in [4.78, 5) is 24.7. The molecule has 26 heavy (non-hydrogen) atoms. The van der Waals surface area contributed by atoms with E-state index in [4.69, 9.17) is 4.42 Å². The van der Waals surface area contributed by atoms with Crippen molar-refractivity contribution in [3.05, 3.63) is 83.8 Å². The van der Waals surface area contributed by atoms with Gasteiger partial charge in [0.2, 0.25) is 0 Å². The van der Waals surface area contributed by atoms with E-state index in [-0.39, 0.29) is 17.6 Å². The quantitative estimate of drug-likeness (QED) is 0.690. The number of furan rings is 1. The molecule has 1 aromatic heterocycles. The first kappa shape index (κ1) is 17.3. The van der Waals surface area contributed by atoms with Crippen LogP contribution in [-0.4, -0.2) is 18.9 Å². The number of nitrogens with one attached hydrogen (secondary N) is 2. The van der Waals surface area contributed by atoms with E-state index in [0.29, 0.717) is 11.3 Å². The Hall–Kier alpha value is -3.54. The van der Waals surface area contributed by atoms with Crippen molar-refractivity contribution < 1.29 is 14.0 Å². The fraction of sp³-hybridized carbons (Fsp3) is 0.100. The Morgan fingerprint density at radius 1 is 0.962 bits per heavy atom. The maximum atomic E-state index is 12.5. The van der Waals surface area contributed by atoms with Crippen LogP contribution in [0.4, 0.5) is 11.4 Å². The number of carbonyl (C=O) groups excluding carboxylic acids is 2. The Labute approximate surface area is 151 Å². The predicted molar refractivity (Wildman–Crippen MR) is 100 cm³/mol. The standard InChI is InChI=1S/C20H19N3O3/c1-14-10-11-15(13-17(14)21-20(25)18-9-6-12-26-18)19(24)22-23(2)16-7-4-3-5-8-16/h3-13H,1-2H3,(H,21,25)(H,22,24). The molecule has 6 heteroatoms. The Kier molecular flexibility index (Phi) is 5.03. The third kappa shape index (κ3) is 3.92. The van der Waals surface area contributed by atoms with Crippen molar-refractivity contribution in [1.29, 1.82) is 0 Å². The molecule has 2 amide bonds. The number of hydrazine groups is 1. The number of aryl methyl sites for hydroxylation is 1. The molecule has 2 N–H and O–H groups in total. The van der Waals surface area contributed by atoms with Crippen LogP contribution in [0.15, 0.2) is 71.3 Å². The molecule has 0 saturated carbocycles. The number of nitrogens with zero attached hydrogens (tertiary/aromatic N) is 1. The van der Waals surface area contributed by atoms with Crippen molar-refractivity contribution in [1.82, 2.24) is 5.43 Å². The average molecular weight is 349 g/mol. The van der Waals surface area contributed by atoms with Crippen LogP contribution in [-0.2, 0) is 0 Å². The van der Waals surface area contributed by atoms with E-state index in [0.717, 1.165) is 11.3 Å². The summed E-state index contributed by atoms with van der Waals surface area (Å²) in [6, 6.07) is 17.9. The van der Waals surface area contributed by atoms with Gasteiger partial charge < -0.3 is 9.73 Å². The van der Waals surface area contributed by atoms with E-state index < -0.39 is 0 Å². The Morgan fingerprint density at radius 3 is 2.42 bits per heavy atom. The van der Waals surface area contributed by atoms with Crippen LogP contribution in [0, 0.1) is 6.92 Å². The molecule has 0 aliphatic heterocycles. The van der Waals surface area contributed by atoms with E-state index in [1.807, 2.05) is 37.3 Å². The highest BCUT2D eigenvalue weighted by Crippen LogP contribution is 2.19. The number of anilines is 2. The third-order valence-corrected chi connectivity index (χ3v) is 3.91. The van der Waals surface area contributed by atoms with Gasteiger partial charge in [0.05, 0.1) is 12.0 Å². The molecular weight excluding hydrogens is 330 g/mol. The van der Waals surface area contributed by atoms with Crippen LogP contribution in [0.1, 0.15) is 26.5 Å². The summed E-state index contributed by atoms with van der Waals surface area (Å²) < 4.78 is 5.09. The molecule has 0 fully saturated rings. The second kappa shape index (κ2) is 7.57. The molecule has 0 atom stereocenters. The van der Waals surface area contributed by atoms with Gasteiger partial charge >= 0.3 is 0 Å². The minimum atomic E-state index is -0.364. The van der Waals surface area contributed by atoms with Crippen molar-refractivity contribution in [3.63, 3.8) is 0 Å². The van der Waals surface area contributed by atoms with Gasteiger partial charge in [0, 0.05) is 18.3 Å². The van der Waals surface area contributed by atoms with Crippen molar-refractivity contribution in [2.75, 3.05) is 17.4 Å². The molecule has 0 spiro atoms. The first-order chi connectivity index (χ1) is 12.5. The molecule has 1 heterocycles. The van der Waals surface area contributed by atoms with E-state index >= 15 is 0 Å². The van der Waals surface area contributed by atoms with Crippen molar-refractivity contribution in [2.45, 2.75) is 6.92 Å². The zero-order valence-corrected chi connectivity index (χ0v) is 14.5. The monoisotopic (exact) mass is 349 g/mol. The second-order valence-electron chi connectivity index (χ2n) is 5.80. The van der Waals surface area contributed by atoms with E-state index in [9.17, 15) is 9.59 Å². The minimum Gasteiger partial charge on any atom is -0.459 e. The van der Waals surface area contributed by atoms with Gasteiger partial charge in [-0.05, 0) is 48.9 Å². The van der Waals surface area contributed by atoms with Crippen molar-refractivity contribution in [3.8, 4) is 0 Å². The summed E-state index contributed by atoms with van der Waals surface area (Å²) >= 11 is 0. The molecule has 132 valence electrons. The Bertz CT molecular complexity index is 905. The molecule has 3 aromatic rings. The van der Waals surface area contributed by atoms with Gasteiger partial charge in [-0.15, -0.1) is 0 Å².